The van der Waals surface area contributed by atoms with Crippen LogP contribution in [0, 0.1) is 0 Å². The van der Waals surface area contributed by atoms with Gasteiger partial charge >= 0.3 is 0 Å². The molecule has 1 aromatic carbocycles. The van der Waals surface area contributed by atoms with Crippen molar-refractivity contribution in [3.05, 3.63) is 58.9 Å². The Kier molecular flexibility index (Phi) is 1.81. The van der Waals surface area contributed by atoms with Gasteiger partial charge in [-0.2, -0.15) is 0 Å². The molecule has 3 rings (SSSR count). The Morgan fingerprint density at radius 2 is 1.80 bits per heavy atom. The zero-order valence-corrected chi connectivity index (χ0v) is 8.09. The van der Waals surface area contributed by atoms with E-state index in [1.807, 2.05) is 36.4 Å². The minimum Gasteiger partial charge on any atom is -0.278 e. The fourth-order valence-electron chi connectivity index (χ4n) is 1.63. The third kappa shape index (κ3) is 1.42. The van der Waals surface area contributed by atoms with E-state index in [1.165, 1.54) is 0 Å². The summed E-state index contributed by atoms with van der Waals surface area (Å²) >= 11 is 0. The predicted octanol–water partition coefficient (Wildman–Crippen LogP) is 1.17. The Bertz CT molecular complexity index is 617. The number of benzene rings is 1. The van der Waals surface area contributed by atoms with Crippen LogP contribution in [-0.4, -0.2) is 4.98 Å². The van der Waals surface area contributed by atoms with Gasteiger partial charge in [-0.25, -0.2) is 9.98 Å². The standard InChI is InChI=1S/C12H9N3/c1-2-6-11-10(5-1)14-8-9-4-3-7-13-12(9)15-11/h1-7H,8H2. The first-order valence-corrected chi connectivity index (χ1v) is 4.86. The van der Waals surface area contributed by atoms with Crippen molar-refractivity contribution in [2.24, 2.45) is 9.98 Å². The zero-order chi connectivity index (χ0) is 10.1. The van der Waals surface area contributed by atoms with Crippen LogP contribution in [0.15, 0.2) is 52.6 Å². The van der Waals surface area contributed by atoms with E-state index in [9.17, 15) is 0 Å². The van der Waals surface area contributed by atoms with Crippen molar-refractivity contribution >= 4 is 5.82 Å². The van der Waals surface area contributed by atoms with Crippen LogP contribution < -0.4 is 10.7 Å². The molecule has 72 valence electrons. The first-order valence-electron chi connectivity index (χ1n) is 4.86. The number of pyridine rings is 1. The average Bonchev–Trinajstić information content (AvgIpc) is 2.48. The van der Waals surface area contributed by atoms with Gasteiger partial charge in [0.05, 0.1) is 17.3 Å². The van der Waals surface area contributed by atoms with Gasteiger partial charge in [0.1, 0.15) is 0 Å². The lowest BCUT2D eigenvalue weighted by Gasteiger charge is -1.97. The molecular weight excluding hydrogens is 186 g/mol. The largest absolute Gasteiger partial charge is 0.278 e. The van der Waals surface area contributed by atoms with Crippen molar-refractivity contribution in [1.29, 1.82) is 0 Å². The topological polar surface area (TPSA) is 37.6 Å². The highest BCUT2D eigenvalue weighted by Crippen LogP contribution is 2.15. The normalized spacial score (nSPS) is 12.8. The molecule has 0 saturated heterocycles. The van der Waals surface area contributed by atoms with Gasteiger partial charge in [-0.15, -0.1) is 0 Å². The summed E-state index contributed by atoms with van der Waals surface area (Å²) in [6.07, 6.45) is 1.76. The van der Waals surface area contributed by atoms with Crippen LogP contribution in [-0.2, 0) is 6.54 Å². The maximum atomic E-state index is 4.50. The number of hydrogen-bond acceptors (Lipinski definition) is 3. The van der Waals surface area contributed by atoms with E-state index in [1.54, 1.807) is 6.20 Å². The summed E-state index contributed by atoms with van der Waals surface area (Å²) < 4.78 is 0. The lowest BCUT2D eigenvalue weighted by molar-refractivity contribution is 1.01. The summed E-state index contributed by atoms with van der Waals surface area (Å²) in [5.41, 5.74) is 1.08. The fourth-order valence-corrected chi connectivity index (χ4v) is 1.63. The van der Waals surface area contributed by atoms with Crippen LogP contribution in [0.4, 0.5) is 5.82 Å². The SMILES string of the molecule is c1cnc2c(c1)CN=c1ccccc1=N2. The molecule has 3 nitrogen and oxygen atoms in total. The van der Waals surface area contributed by atoms with Gasteiger partial charge < -0.3 is 0 Å². The molecule has 0 N–H and O–H groups in total. The molecule has 0 bridgehead atoms. The first kappa shape index (κ1) is 8.29. The van der Waals surface area contributed by atoms with Crippen LogP contribution >= 0.6 is 0 Å². The summed E-state index contributed by atoms with van der Waals surface area (Å²) in [7, 11) is 0. The second-order valence-corrected chi connectivity index (χ2v) is 3.40. The van der Waals surface area contributed by atoms with Crippen molar-refractivity contribution in [1.82, 2.24) is 4.98 Å². The number of rotatable bonds is 0. The van der Waals surface area contributed by atoms with E-state index in [0.717, 1.165) is 22.1 Å². The van der Waals surface area contributed by atoms with E-state index in [2.05, 4.69) is 15.0 Å². The molecule has 15 heavy (non-hydrogen) atoms. The molecule has 1 aromatic heterocycles. The minimum atomic E-state index is 0.656. The Hall–Kier alpha value is -2.03. The maximum Gasteiger partial charge on any atom is 0.157 e. The maximum absolute atomic E-state index is 4.50. The van der Waals surface area contributed by atoms with Gasteiger partial charge in [-0.1, -0.05) is 18.2 Å². The van der Waals surface area contributed by atoms with E-state index in [0.29, 0.717) is 6.54 Å². The zero-order valence-electron chi connectivity index (χ0n) is 8.09. The van der Waals surface area contributed by atoms with E-state index in [-0.39, 0.29) is 0 Å². The van der Waals surface area contributed by atoms with Crippen LogP contribution in [0.25, 0.3) is 0 Å². The van der Waals surface area contributed by atoms with Crippen LogP contribution in [0.3, 0.4) is 0 Å². The second kappa shape index (κ2) is 3.28. The van der Waals surface area contributed by atoms with Crippen LogP contribution in [0.5, 0.6) is 0 Å². The van der Waals surface area contributed by atoms with Crippen molar-refractivity contribution in [2.75, 3.05) is 0 Å². The average molecular weight is 195 g/mol. The minimum absolute atomic E-state index is 0.656. The number of fused-ring (bicyclic) bond motifs is 2. The second-order valence-electron chi connectivity index (χ2n) is 3.40. The number of aromatic nitrogens is 1. The Labute approximate surface area is 86.9 Å². The lowest BCUT2D eigenvalue weighted by atomic mass is 10.2. The molecule has 0 unspecified atom stereocenters. The molecule has 0 saturated carbocycles. The number of nitrogens with zero attached hydrogens (tertiary/aromatic N) is 3. The fraction of sp³-hybridized carbons (Fsp3) is 0.0833. The highest BCUT2D eigenvalue weighted by molar-refractivity contribution is 5.38. The van der Waals surface area contributed by atoms with E-state index < -0.39 is 0 Å². The van der Waals surface area contributed by atoms with Gasteiger partial charge in [-0.05, 0) is 18.2 Å². The third-order valence-corrected chi connectivity index (χ3v) is 2.40. The molecule has 3 heteroatoms. The van der Waals surface area contributed by atoms with Crippen molar-refractivity contribution in [2.45, 2.75) is 6.54 Å². The Morgan fingerprint density at radius 1 is 0.933 bits per heavy atom. The quantitative estimate of drug-likeness (QED) is 0.621. The highest BCUT2D eigenvalue weighted by Gasteiger charge is 2.03. The predicted molar refractivity (Wildman–Crippen MR) is 56.4 cm³/mol. The van der Waals surface area contributed by atoms with Gasteiger partial charge in [-0.3, -0.25) is 4.99 Å². The van der Waals surface area contributed by atoms with E-state index in [4.69, 9.17) is 0 Å². The summed E-state index contributed by atoms with van der Waals surface area (Å²) in [5, 5.41) is 1.84. The van der Waals surface area contributed by atoms with Gasteiger partial charge in [0.15, 0.2) is 5.82 Å². The van der Waals surface area contributed by atoms with Crippen molar-refractivity contribution in [3.8, 4) is 0 Å². The molecule has 2 heterocycles. The molecule has 1 aliphatic rings. The highest BCUT2D eigenvalue weighted by atomic mass is 14.9. The lowest BCUT2D eigenvalue weighted by Crippen LogP contribution is -2.23. The monoisotopic (exact) mass is 195 g/mol. The molecule has 0 fully saturated rings. The molecule has 2 aromatic rings. The van der Waals surface area contributed by atoms with Crippen LogP contribution in [0.2, 0.25) is 0 Å². The molecule has 0 aliphatic carbocycles. The Morgan fingerprint density at radius 3 is 2.73 bits per heavy atom. The van der Waals surface area contributed by atoms with E-state index >= 15 is 0 Å². The molecule has 0 radical (unpaired) electrons. The van der Waals surface area contributed by atoms with Crippen LogP contribution in [0.1, 0.15) is 5.56 Å². The summed E-state index contributed by atoms with van der Waals surface area (Å²) in [6.45, 7) is 0.656. The van der Waals surface area contributed by atoms with Crippen molar-refractivity contribution < 1.29 is 0 Å². The summed E-state index contributed by atoms with van der Waals surface area (Å²) in [6, 6.07) is 11.8. The molecule has 1 aliphatic heterocycles. The first-order chi connectivity index (χ1) is 7.43. The van der Waals surface area contributed by atoms with Gasteiger partial charge in [0.25, 0.3) is 0 Å². The number of hydrogen-bond donors (Lipinski definition) is 0. The van der Waals surface area contributed by atoms with Gasteiger partial charge in [0.2, 0.25) is 0 Å². The van der Waals surface area contributed by atoms with Crippen molar-refractivity contribution in [3.63, 3.8) is 0 Å². The summed E-state index contributed by atoms with van der Waals surface area (Å²) in [5.74, 6) is 0.784. The molecule has 0 atom stereocenters. The van der Waals surface area contributed by atoms with Gasteiger partial charge in [0, 0.05) is 11.8 Å². The summed E-state index contributed by atoms with van der Waals surface area (Å²) in [4.78, 5) is 13.2. The number of para-hydroxylation sites is 2. The third-order valence-electron chi connectivity index (χ3n) is 2.40. The Balaban J connectivity index is 2.36. The molecule has 0 amide bonds. The smallest absolute Gasteiger partial charge is 0.157 e. The molecule has 0 spiro atoms. The molecular formula is C12H9N3.